The number of hydrogen-bond donors (Lipinski definition) is 1. The number of nitrogens with zero attached hydrogens (tertiary/aromatic N) is 3. The second-order valence-electron chi connectivity index (χ2n) is 4.39. The van der Waals surface area contributed by atoms with E-state index in [0.717, 1.165) is 28.2 Å². The largest absolute Gasteiger partial charge is 0.360 e. The first-order chi connectivity index (χ1) is 8.47. The maximum atomic E-state index is 5.36. The Bertz CT molecular complexity index is 405. The minimum absolute atomic E-state index is 0.400. The lowest BCUT2D eigenvalue weighted by molar-refractivity contribution is 0.461. The van der Waals surface area contributed by atoms with Crippen LogP contribution in [0.15, 0.2) is 10.7 Å². The molecule has 0 saturated heterocycles. The first-order valence-electron chi connectivity index (χ1n) is 6.21. The summed E-state index contributed by atoms with van der Waals surface area (Å²) in [5.74, 6) is 0. The molecule has 102 valence electrons. The van der Waals surface area contributed by atoms with E-state index in [0.29, 0.717) is 12.6 Å². The lowest BCUT2D eigenvalue weighted by atomic mass is 10.3. The lowest BCUT2D eigenvalue weighted by Crippen LogP contribution is -2.41. The molecule has 1 aromatic rings. The van der Waals surface area contributed by atoms with E-state index in [9.17, 15) is 0 Å². The molecular formula is C12H21BrN4S. The van der Waals surface area contributed by atoms with Gasteiger partial charge in [0.05, 0.1) is 16.7 Å². The Balaban J connectivity index is 2.60. The Morgan fingerprint density at radius 1 is 1.61 bits per heavy atom. The fraction of sp³-hybridized carbons (Fsp3) is 0.667. The highest BCUT2D eigenvalue weighted by atomic mass is 79.9. The molecule has 0 amide bonds. The molecule has 1 unspecified atom stereocenters. The van der Waals surface area contributed by atoms with Gasteiger partial charge in [0.15, 0.2) is 5.11 Å². The van der Waals surface area contributed by atoms with Gasteiger partial charge < -0.3 is 10.2 Å². The number of aryl methyl sites for hydroxylation is 1. The SMILES string of the molecule is CCC(C)NC(=S)N(C)Cc1nn(CC)cc1Br. The molecule has 0 aliphatic carbocycles. The number of rotatable bonds is 5. The summed E-state index contributed by atoms with van der Waals surface area (Å²) in [6.07, 6.45) is 3.05. The van der Waals surface area contributed by atoms with Gasteiger partial charge in [0.1, 0.15) is 0 Å². The van der Waals surface area contributed by atoms with Gasteiger partial charge in [0, 0.05) is 25.8 Å². The number of nitrogens with one attached hydrogen (secondary N) is 1. The minimum Gasteiger partial charge on any atom is -0.360 e. The van der Waals surface area contributed by atoms with Crippen LogP contribution in [-0.4, -0.2) is 32.9 Å². The average molecular weight is 333 g/mol. The van der Waals surface area contributed by atoms with E-state index in [4.69, 9.17) is 12.2 Å². The van der Waals surface area contributed by atoms with Crippen LogP contribution < -0.4 is 5.32 Å². The standard InChI is InChI=1S/C12H21BrN4S/c1-5-9(3)14-12(18)16(4)8-11-10(13)7-17(6-2)15-11/h7,9H,5-6,8H2,1-4H3,(H,14,18). The summed E-state index contributed by atoms with van der Waals surface area (Å²) >= 11 is 8.89. The van der Waals surface area contributed by atoms with E-state index >= 15 is 0 Å². The van der Waals surface area contributed by atoms with E-state index in [1.54, 1.807) is 0 Å². The summed E-state index contributed by atoms with van der Waals surface area (Å²) in [5.41, 5.74) is 1.01. The van der Waals surface area contributed by atoms with Crippen molar-refractivity contribution < 1.29 is 0 Å². The highest BCUT2D eigenvalue weighted by molar-refractivity contribution is 9.10. The van der Waals surface area contributed by atoms with E-state index in [-0.39, 0.29) is 0 Å². The molecule has 0 spiro atoms. The van der Waals surface area contributed by atoms with E-state index in [1.165, 1.54) is 0 Å². The number of thiocarbonyl (C=S) groups is 1. The molecule has 0 aliphatic heterocycles. The van der Waals surface area contributed by atoms with Crippen molar-refractivity contribution in [1.82, 2.24) is 20.0 Å². The van der Waals surface area contributed by atoms with Crippen LogP contribution in [0.5, 0.6) is 0 Å². The van der Waals surface area contributed by atoms with Crippen molar-refractivity contribution in [3.8, 4) is 0 Å². The normalized spacial score (nSPS) is 12.3. The quantitative estimate of drug-likeness (QED) is 0.840. The first-order valence-corrected chi connectivity index (χ1v) is 7.41. The Hall–Kier alpha value is -0.620. The van der Waals surface area contributed by atoms with Crippen LogP contribution in [0, 0.1) is 0 Å². The van der Waals surface area contributed by atoms with Gasteiger partial charge in [0.25, 0.3) is 0 Å². The smallest absolute Gasteiger partial charge is 0.169 e. The summed E-state index contributed by atoms with van der Waals surface area (Å²) in [6, 6.07) is 0.400. The van der Waals surface area contributed by atoms with Crippen LogP contribution in [-0.2, 0) is 13.1 Å². The molecule has 0 aliphatic rings. The lowest BCUT2D eigenvalue weighted by Gasteiger charge is -2.23. The molecule has 0 saturated carbocycles. The summed E-state index contributed by atoms with van der Waals surface area (Å²) in [4.78, 5) is 2.01. The number of aromatic nitrogens is 2. The fourth-order valence-electron chi connectivity index (χ4n) is 1.43. The molecule has 4 nitrogen and oxygen atoms in total. The molecule has 1 rings (SSSR count). The van der Waals surface area contributed by atoms with Crippen molar-refractivity contribution in [2.75, 3.05) is 7.05 Å². The molecule has 6 heteroatoms. The molecule has 1 aromatic heterocycles. The van der Waals surface area contributed by atoms with E-state index < -0.39 is 0 Å². The second-order valence-corrected chi connectivity index (χ2v) is 5.64. The van der Waals surface area contributed by atoms with Gasteiger partial charge >= 0.3 is 0 Å². The van der Waals surface area contributed by atoms with Gasteiger partial charge in [0.2, 0.25) is 0 Å². The number of halogens is 1. The molecule has 0 radical (unpaired) electrons. The Morgan fingerprint density at radius 2 is 2.28 bits per heavy atom. The van der Waals surface area contributed by atoms with Gasteiger partial charge in [-0.25, -0.2) is 0 Å². The molecule has 1 heterocycles. The number of hydrogen-bond acceptors (Lipinski definition) is 2. The third kappa shape index (κ3) is 4.24. The van der Waals surface area contributed by atoms with Crippen LogP contribution in [0.3, 0.4) is 0 Å². The van der Waals surface area contributed by atoms with Crippen molar-refractivity contribution in [2.45, 2.75) is 46.3 Å². The highest BCUT2D eigenvalue weighted by Crippen LogP contribution is 2.16. The third-order valence-electron chi connectivity index (χ3n) is 2.83. The predicted octanol–water partition coefficient (Wildman–Crippen LogP) is 2.77. The van der Waals surface area contributed by atoms with Crippen molar-refractivity contribution in [3.05, 3.63) is 16.4 Å². The Morgan fingerprint density at radius 3 is 2.78 bits per heavy atom. The zero-order valence-corrected chi connectivity index (χ0v) is 13.8. The minimum atomic E-state index is 0.400. The second kappa shape index (κ2) is 7.09. The van der Waals surface area contributed by atoms with Crippen LogP contribution in [0.1, 0.15) is 32.9 Å². The van der Waals surface area contributed by atoms with Gasteiger partial charge in [-0.05, 0) is 48.4 Å². The van der Waals surface area contributed by atoms with Crippen LogP contribution in [0.25, 0.3) is 0 Å². The molecule has 1 atom stereocenters. The molecule has 1 N–H and O–H groups in total. The zero-order chi connectivity index (χ0) is 13.7. The fourth-order valence-corrected chi connectivity index (χ4v) is 2.13. The Labute approximate surface area is 123 Å². The zero-order valence-electron chi connectivity index (χ0n) is 11.4. The predicted molar refractivity (Wildman–Crippen MR) is 82.6 cm³/mol. The van der Waals surface area contributed by atoms with Crippen LogP contribution in [0.2, 0.25) is 0 Å². The molecule has 0 aromatic carbocycles. The third-order valence-corrected chi connectivity index (χ3v) is 3.92. The van der Waals surface area contributed by atoms with Gasteiger partial charge in [-0.3, -0.25) is 4.68 Å². The molecule has 18 heavy (non-hydrogen) atoms. The van der Waals surface area contributed by atoms with Gasteiger partial charge in [-0.1, -0.05) is 6.92 Å². The van der Waals surface area contributed by atoms with Gasteiger partial charge in [-0.15, -0.1) is 0 Å². The summed E-state index contributed by atoms with van der Waals surface area (Å²) in [6.45, 7) is 7.91. The monoisotopic (exact) mass is 332 g/mol. The maximum absolute atomic E-state index is 5.36. The van der Waals surface area contributed by atoms with Crippen molar-refractivity contribution in [3.63, 3.8) is 0 Å². The van der Waals surface area contributed by atoms with E-state index in [2.05, 4.69) is 47.1 Å². The Kier molecular flexibility index (Phi) is 6.08. The first kappa shape index (κ1) is 15.4. The molecule has 0 fully saturated rings. The highest BCUT2D eigenvalue weighted by Gasteiger charge is 2.12. The summed E-state index contributed by atoms with van der Waals surface area (Å²) in [5, 5.41) is 8.55. The van der Waals surface area contributed by atoms with Crippen molar-refractivity contribution in [1.29, 1.82) is 0 Å². The summed E-state index contributed by atoms with van der Waals surface area (Å²) < 4.78 is 2.95. The molecule has 0 bridgehead atoms. The molecular weight excluding hydrogens is 312 g/mol. The van der Waals surface area contributed by atoms with Crippen LogP contribution >= 0.6 is 28.1 Å². The average Bonchev–Trinajstić information content (AvgIpc) is 2.69. The summed E-state index contributed by atoms with van der Waals surface area (Å²) in [7, 11) is 1.98. The van der Waals surface area contributed by atoms with Crippen LogP contribution in [0.4, 0.5) is 0 Å². The van der Waals surface area contributed by atoms with E-state index in [1.807, 2.05) is 22.8 Å². The van der Waals surface area contributed by atoms with Crippen molar-refractivity contribution >= 4 is 33.3 Å². The van der Waals surface area contributed by atoms with Gasteiger partial charge in [-0.2, -0.15) is 5.10 Å². The van der Waals surface area contributed by atoms with Crippen molar-refractivity contribution in [2.24, 2.45) is 0 Å². The topological polar surface area (TPSA) is 33.1 Å². The maximum Gasteiger partial charge on any atom is 0.169 e.